The molecule has 2 heterocycles. The van der Waals surface area contributed by atoms with Gasteiger partial charge in [-0.15, -0.1) is 0 Å². The maximum atomic E-state index is 10.1. The number of phenols is 1. The van der Waals surface area contributed by atoms with Crippen LogP contribution < -0.4 is 19.5 Å². The summed E-state index contributed by atoms with van der Waals surface area (Å²) in [6, 6.07) is 6.27. The lowest BCUT2D eigenvalue weighted by atomic mass is 9.77. The number of phenolic OH excluding ortho intramolecular Hbond substituents is 1. The summed E-state index contributed by atoms with van der Waals surface area (Å²) in [5.74, 6) is 2.35. The van der Waals surface area contributed by atoms with Crippen molar-refractivity contribution in [1.82, 2.24) is 0 Å². The van der Waals surface area contributed by atoms with Gasteiger partial charge >= 0.3 is 0 Å². The molecule has 0 saturated heterocycles. The summed E-state index contributed by atoms with van der Waals surface area (Å²) in [7, 11) is 1.57. The Hall–Kier alpha value is -2.40. The predicted octanol–water partition coefficient (Wildman–Crippen LogP) is 1.51. The number of ether oxygens (including phenoxy) is 3. The maximum absolute atomic E-state index is 10.1. The summed E-state index contributed by atoms with van der Waals surface area (Å²) >= 11 is 0. The molecule has 0 fully saturated rings. The molecule has 3 N–H and O–H groups in total. The molecule has 0 amide bonds. The van der Waals surface area contributed by atoms with Crippen molar-refractivity contribution in [3.8, 4) is 34.1 Å². The van der Waals surface area contributed by atoms with Gasteiger partial charge < -0.3 is 24.6 Å². The highest BCUT2D eigenvalue weighted by Gasteiger charge is 2.38. The number of aromatic hydroxyl groups is 1. The number of hydrogen-bond donors (Lipinski definition) is 2. The van der Waals surface area contributed by atoms with Crippen LogP contribution in [0.5, 0.6) is 23.0 Å². The first-order chi connectivity index (χ1) is 11.3. The van der Waals surface area contributed by atoms with Crippen molar-refractivity contribution in [3.63, 3.8) is 0 Å². The third-order valence-electron chi connectivity index (χ3n) is 5.14. The van der Waals surface area contributed by atoms with Gasteiger partial charge in [-0.3, -0.25) is 0 Å². The highest BCUT2D eigenvalue weighted by Crippen LogP contribution is 2.52. The van der Waals surface area contributed by atoms with Crippen molar-refractivity contribution >= 4 is 0 Å². The Kier molecular flexibility index (Phi) is 2.59. The SMILES string of the molecule is COc1cc2c(cc1O)C[C@H]1[NH2+]CCc3cc4c(c-2c31)OCO4. The molecule has 2 aromatic rings. The zero-order chi connectivity index (χ0) is 15.6. The Morgan fingerprint density at radius 1 is 1.22 bits per heavy atom. The van der Waals surface area contributed by atoms with Gasteiger partial charge in [0.15, 0.2) is 23.0 Å². The van der Waals surface area contributed by atoms with E-state index >= 15 is 0 Å². The summed E-state index contributed by atoms with van der Waals surface area (Å²) in [4.78, 5) is 0. The van der Waals surface area contributed by atoms with Gasteiger partial charge in [0.05, 0.1) is 13.7 Å². The van der Waals surface area contributed by atoms with E-state index in [9.17, 15) is 5.11 Å². The molecule has 0 spiro atoms. The fraction of sp³-hybridized carbons (Fsp3) is 0.333. The van der Waals surface area contributed by atoms with E-state index in [1.54, 1.807) is 7.11 Å². The molecular weight excluding hydrogens is 294 g/mol. The smallest absolute Gasteiger partial charge is 0.231 e. The van der Waals surface area contributed by atoms with E-state index in [4.69, 9.17) is 14.2 Å². The Morgan fingerprint density at radius 3 is 3.00 bits per heavy atom. The van der Waals surface area contributed by atoms with Crippen LogP contribution in [-0.4, -0.2) is 25.6 Å². The van der Waals surface area contributed by atoms with Gasteiger partial charge in [-0.2, -0.15) is 0 Å². The van der Waals surface area contributed by atoms with Gasteiger partial charge in [-0.25, -0.2) is 0 Å². The molecule has 5 nitrogen and oxygen atoms in total. The third-order valence-corrected chi connectivity index (χ3v) is 5.14. The van der Waals surface area contributed by atoms with Crippen molar-refractivity contribution in [1.29, 1.82) is 0 Å². The molecule has 2 aromatic carbocycles. The minimum absolute atomic E-state index is 0.190. The fourth-order valence-electron chi connectivity index (χ4n) is 4.16. The van der Waals surface area contributed by atoms with E-state index < -0.39 is 0 Å². The first kappa shape index (κ1) is 13.1. The number of quaternary nitrogens is 1. The summed E-state index contributed by atoms with van der Waals surface area (Å²) in [6.45, 7) is 1.35. The van der Waals surface area contributed by atoms with Crippen LogP contribution >= 0.6 is 0 Å². The van der Waals surface area contributed by atoms with Gasteiger partial charge in [0.2, 0.25) is 6.79 Å². The lowest BCUT2D eigenvalue weighted by Crippen LogP contribution is -2.87. The standard InChI is InChI=1S/C18H17NO4/c1-21-14-7-11-10(5-13(14)20)4-12-16-9(2-3-19-12)6-15-18(17(11)16)23-8-22-15/h5-7,12,19-20H,2-4,8H2,1H3/p+1/t12-/m1/s1. The molecule has 0 aromatic heterocycles. The van der Waals surface area contributed by atoms with E-state index in [0.29, 0.717) is 11.8 Å². The van der Waals surface area contributed by atoms with Crippen LogP contribution in [0.15, 0.2) is 18.2 Å². The number of nitrogens with two attached hydrogens (primary N) is 1. The van der Waals surface area contributed by atoms with Crippen molar-refractivity contribution in [2.75, 3.05) is 20.4 Å². The molecule has 118 valence electrons. The second-order valence-electron chi connectivity index (χ2n) is 6.32. The molecule has 1 atom stereocenters. The van der Waals surface area contributed by atoms with Gasteiger partial charge in [0, 0.05) is 24.0 Å². The molecule has 0 saturated carbocycles. The Morgan fingerprint density at radius 2 is 2.13 bits per heavy atom. The normalized spacial score (nSPS) is 20.0. The number of fused-ring (bicyclic) bond motifs is 4. The fourth-order valence-corrected chi connectivity index (χ4v) is 4.16. The third kappa shape index (κ3) is 1.71. The molecule has 0 unspecified atom stereocenters. The monoisotopic (exact) mass is 312 g/mol. The molecule has 0 bridgehead atoms. The van der Waals surface area contributed by atoms with Crippen LogP contribution in [0.25, 0.3) is 11.1 Å². The molecule has 5 heteroatoms. The van der Waals surface area contributed by atoms with Crippen molar-refractivity contribution in [2.45, 2.75) is 18.9 Å². The first-order valence-electron chi connectivity index (χ1n) is 7.95. The minimum atomic E-state index is 0.190. The lowest BCUT2D eigenvalue weighted by molar-refractivity contribution is -0.698. The van der Waals surface area contributed by atoms with Crippen LogP contribution in [-0.2, 0) is 12.8 Å². The van der Waals surface area contributed by atoms with E-state index in [2.05, 4.69) is 11.4 Å². The Balaban J connectivity index is 1.85. The molecule has 1 aliphatic carbocycles. The van der Waals surface area contributed by atoms with E-state index in [1.807, 2.05) is 12.1 Å². The van der Waals surface area contributed by atoms with Crippen molar-refractivity contribution in [3.05, 3.63) is 34.9 Å². The predicted molar refractivity (Wildman–Crippen MR) is 83.2 cm³/mol. The second-order valence-corrected chi connectivity index (χ2v) is 6.32. The second kappa shape index (κ2) is 4.55. The van der Waals surface area contributed by atoms with Crippen molar-refractivity contribution in [2.24, 2.45) is 0 Å². The van der Waals surface area contributed by atoms with Gasteiger partial charge in [0.25, 0.3) is 0 Å². The number of benzene rings is 2. The van der Waals surface area contributed by atoms with Crippen LogP contribution in [0.1, 0.15) is 22.7 Å². The van der Waals surface area contributed by atoms with Gasteiger partial charge in [-0.05, 0) is 34.9 Å². The Labute approximate surface area is 133 Å². The summed E-state index contributed by atoms with van der Waals surface area (Å²) in [5, 5.41) is 12.5. The molecular formula is C18H18NO4+. The number of hydrogen-bond acceptors (Lipinski definition) is 4. The average Bonchev–Trinajstić information content (AvgIpc) is 3.02. The summed E-state index contributed by atoms with van der Waals surface area (Å²) < 4.78 is 16.8. The molecule has 23 heavy (non-hydrogen) atoms. The zero-order valence-electron chi connectivity index (χ0n) is 12.9. The topological polar surface area (TPSA) is 64.5 Å². The number of methoxy groups -OCH3 is 1. The quantitative estimate of drug-likeness (QED) is 0.838. The van der Waals surface area contributed by atoms with Gasteiger partial charge in [0.1, 0.15) is 6.04 Å². The van der Waals surface area contributed by atoms with Crippen LogP contribution in [0.2, 0.25) is 0 Å². The van der Waals surface area contributed by atoms with E-state index in [-0.39, 0.29) is 12.5 Å². The largest absolute Gasteiger partial charge is 0.504 e. The molecule has 3 aliphatic rings. The van der Waals surface area contributed by atoms with Crippen molar-refractivity contribution < 1.29 is 24.6 Å². The molecule has 2 aliphatic heterocycles. The lowest BCUT2D eigenvalue weighted by Gasteiger charge is -2.32. The molecule has 0 radical (unpaired) electrons. The summed E-state index contributed by atoms with van der Waals surface area (Å²) in [5.41, 5.74) is 6.06. The Bertz CT molecular complexity index is 831. The maximum Gasteiger partial charge on any atom is 0.231 e. The van der Waals surface area contributed by atoms with Crippen LogP contribution in [0.3, 0.4) is 0 Å². The minimum Gasteiger partial charge on any atom is -0.504 e. The van der Waals surface area contributed by atoms with Gasteiger partial charge in [-0.1, -0.05) is 0 Å². The highest BCUT2D eigenvalue weighted by molar-refractivity contribution is 5.85. The molecule has 5 rings (SSSR count). The van der Waals surface area contributed by atoms with Crippen LogP contribution in [0.4, 0.5) is 0 Å². The average molecular weight is 312 g/mol. The van der Waals surface area contributed by atoms with E-state index in [1.165, 1.54) is 11.1 Å². The van der Waals surface area contributed by atoms with E-state index in [0.717, 1.165) is 47.6 Å². The zero-order valence-corrected chi connectivity index (χ0v) is 12.9. The summed E-state index contributed by atoms with van der Waals surface area (Å²) in [6.07, 6.45) is 1.95. The highest BCUT2D eigenvalue weighted by atomic mass is 16.7. The number of rotatable bonds is 1. The van der Waals surface area contributed by atoms with Crippen LogP contribution in [0, 0.1) is 0 Å². The first-order valence-corrected chi connectivity index (χ1v) is 7.95.